The average Bonchev–Trinajstić information content (AvgIpc) is 2.16. The second kappa shape index (κ2) is 4.51. The summed E-state index contributed by atoms with van der Waals surface area (Å²) in [6.45, 7) is 12.1. The molecule has 18 heavy (non-hydrogen) atoms. The number of aromatic hydroxyl groups is 1. The first kappa shape index (κ1) is 14.9. The SMILES string of the molecule is CC(C)(C)c1cc(S)c(C#N)c(C(C)(C)C)c1O. The van der Waals surface area contributed by atoms with Crippen LogP contribution < -0.4 is 0 Å². The Labute approximate surface area is 115 Å². The van der Waals surface area contributed by atoms with E-state index in [1.807, 2.05) is 41.5 Å². The summed E-state index contributed by atoms with van der Waals surface area (Å²) in [6, 6.07) is 3.95. The Morgan fingerprint density at radius 3 is 1.94 bits per heavy atom. The highest BCUT2D eigenvalue weighted by Crippen LogP contribution is 2.42. The van der Waals surface area contributed by atoms with Gasteiger partial charge in [0.05, 0.1) is 5.56 Å². The van der Waals surface area contributed by atoms with E-state index in [1.54, 1.807) is 6.07 Å². The summed E-state index contributed by atoms with van der Waals surface area (Å²) in [5.74, 6) is 0.226. The van der Waals surface area contributed by atoms with Crippen molar-refractivity contribution in [1.82, 2.24) is 0 Å². The van der Waals surface area contributed by atoms with Crippen LogP contribution in [-0.4, -0.2) is 5.11 Å². The normalized spacial score (nSPS) is 12.3. The van der Waals surface area contributed by atoms with Gasteiger partial charge in [0.2, 0.25) is 0 Å². The highest BCUT2D eigenvalue weighted by Gasteiger charge is 2.29. The molecule has 0 bridgehead atoms. The molecule has 1 aromatic rings. The first-order valence-corrected chi connectivity index (χ1v) is 6.45. The van der Waals surface area contributed by atoms with E-state index in [0.717, 1.165) is 5.56 Å². The molecule has 0 heterocycles. The van der Waals surface area contributed by atoms with Gasteiger partial charge in [0.15, 0.2) is 0 Å². The van der Waals surface area contributed by atoms with Gasteiger partial charge in [-0.15, -0.1) is 12.6 Å². The third kappa shape index (κ3) is 2.64. The number of rotatable bonds is 0. The largest absolute Gasteiger partial charge is 0.507 e. The second-order valence-electron chi connectivity index (χ2n) is 6.65. The fraction of sp³-hybridized carbons (Fsp3) is 0.533. The maximum Gasteiger partial charge on any atom is 0.124 e. The van der Waals surface area contributed by atoms with Crippen molar-refractivity contribution < 1.29 is 5.11 Å². The van der Waals surface area contributed by atoms with Gasteiger partial charge < -0.3 is 5.11 Å². The molecule has 0 aliphatic heterocycles. The number of nitriles is 1. The molecule has 0 aliphatic carbocycles. The second-order valence-corrected chi connectivity index (χ2v) is 7.14. The van der Waals surface area contributed by atoms with Crippen LogP contribution in [0.3, 0.4) is 0 Å². The molecule has 2 nitrogen and oxygen atoms in total. The predicted molar refractivity (Wildman–Crippen MR) is 77.5 cm³/mol. The Bertz CT molecular complexity index is 513. The molecule has 0 saturated heterocycles. The number of nitrogens with zero attached hydrogens (tertiary/aromatic N) is 1. The molecular weight excluding hydrogens is 242 g/mol. The van der Waals surface area contributed by atoms with Gasteiger partial charge in [0, 0.05) is 16.0 Å². The van der Waals surface area contributed by atoms with Crippen molar-refractivity contribution in [2.24, 2.45) is 0 Å². The first-order chi connectivity index (χ1) is 8.00. The summed E-state index contributed by atoms with van der Waals surface area (Å²) >= 11 is 4.39. The number of benzene rings is 1. The lowest BCUT2D eigenvalue weighted by Gasteiger charge is -2.28. The van der Waals surface area contributed by atoms with E-state index in [9.17, 15) is 10.4 Å². The smallest absolute Gasteiger partial charge is 0.124 e. The van der Waals surface area contributed by atoms with Crippen LogP contribution in [0.2, 0.25) is 0 Å². The molecule has 0 amide bonds. The standard InChI is InChI=1S/C15H21NOS/c1-14(2,3)10-7-11(18)9(8-16)12(13(10)17)15(4,5)6/h7,17-18H,1-6H3. The molecule has 0 fully saturated rings. The quantitative estimate of drug-likeness (QED) is 0.691. The van der Waals surface area contributed by atoms with Gasteiger partial charge in [-0.05, 0) is 16.9 Å². The Balaban J connectivity index is 3.79. The topological polar surface area (TPSA) is 44.0 Å². The Morgan fingerprint density at radius 2 is 1.61 bits per heavy atom. The van der Waals surface area contributed by atoms with Crippen molar-refractivity contribution in [3.8, 4) is 11.8 Å². The summed E-state index contributed by atoms with van der Waals surface area (Å²) in [6.07, 6.45) is 0. The highest BCUT2D eigenvalue weighted by molar-refractivity contribution is 7.80. The van der Waals surface area contributed by atoms with Gasteiger partial charge in [0.25, 0.3) is 0 Å². The average molecular weight is 263 g/mol. The van der Waals surface area contributed by atoms with Crippen molar-refractivity contribution in [3.63, 3.8) is 0 Å². The first-order valence-electron chi connectivity index (χ1n) is 6.00. The molecule has 3 heteroatoms. The minimum absolute atomic E-state index is 0.185. The van der Waals surface area contributed by atoms with Crippen LogP contribution in [0.1, 0.15) is 58.2 Å². The van der Waals surface area contributed by atoms with Crippen molar-refractivity contribution in [1.29, 1.82) is 5.26 Å². The number of phenolic OH excluding ortho intramolecular Hbond substituents is 1. The maximum absolute atomic E-state index is 10.5. The zero-order valence-corrected chi connectivity index (χ0v) is 12.8. The molecular formula is C15H21NOS. The van der Waals surface area contributed by atoms with E-state index in [4.69, 9.17) is 0 Å². The van der Waals surface area contributed by atoms with E-state index in [-0.39, 0.29) is 16.6 Å². The van der Waals surface area contributed by atoms with E-state index < -0.39 is 0 Å². The number of phenols is 1. The molecule has 0 saturated carbocycles. The third-order valence-corrected chi connectivity index (χ3v) is 3.30. The van der Waals surface area contributed by atoms with E-state index in [1.165, 1.54) is 0 Å². The van der Waals surface area contributed by atoms with Gasteiger partial charge in [0.1, 0.15) is 11.8 Å². The van der Waals surface area contributed by atoms with Crippen LogP contribution in [0.25, 0.3) is 0 Å². The van der Waals surface area contributed by atoms with E-state index >= 15 is 0 Å². The third-order valence-electron chi connectivity index (χ3n) is 2.95. The molecule has 1 aromatic carbocycles. The van der Waals surface area contributed by atoms with Crippen LogP contribution >= 0.6 is 12.6 Å². The molecule has 0 radical (unpaired) electrons. The Kier molecular flexibility index (Phi) is 3.74. The summed E-state index contributed by atoms with van der Waals surface area (Å²) in [5, 5.41) is 19.8. The van der Waals surface area contributed by atoms with Crippen molar-refractivity contribution >= 4 is 12.6 Å². The fourth-order valence-corrected chi connectivity index (χ4v) is 2.36. The number of thiol groups is 1. The van der Waals surface area contributed by atoms with Crippen LogP contribution in [0.4, 0.5) is 0 Å². The van der Waals surface area contributed by atoms with Gasteiger partial charge in [-0.3, -0.25) is 0 Å². The van der Waals surface area contributed by atoms with E-state index in [0.29, 0.717) is 16.0 Å². The molecule has 0 aliphatic rings. The molecule has 1 rings (SSSR count). The van der Waals surface area contributed by atoms with Crippen LogP contribution in [0.15, 0.2) is 11.0 Å². The van der Waals surface area contributed by atoms with Gasteiger partial charge in [-0.1, -0.05) is 41.5 Å². The number of hydrogen-bond donors (Lipinski definition) is 2. The summed E-state index contributed by atoms with van der Waals surface area (Å²) < 4.78 is 0. The van der Waals surface area contributed by atoms with Crippen LogP contribution in [0, 0.1) is 11.3 Å². The Hall–Kier alpha value is -1.14. The lowest BCUT2D eigenvalue weighted by Crippen LogP contribution is -2.19. The van der Waals surface area contributed by atoms with Gasteiger partial charge >= 0.3 is 0 Å². The lowest BCUT2D eigenvalue weighted by molar-refractivity contribution is 0.421. The van der Waals surface area contributed by atoms with Crippen LogP contribution in [-0.2, 0) is 10.8 Å². The monoisotopic (exact) mass is 263 g/mol. The van der Waals surface area contributed by atoms with Crippen LogP contribution in [0.5, 0.6) is 5.75 Å². The lowest BCUT2D eigenvalue weighted by atomic mass is 9.77. The maximum atomic E-state index is 10.5. The Morgan fingerprint density at radius 1 is 1.11 bits per heavy atom. The van der Waals surface area contributed by atoms with Crippen molar-refractivity contribution in [2.45, 2.75) is 57.3 Å². The zero-order valence-electron chi connectivity index (χ0n) is 11.9. The van der Waals surface area contributed by atoms with Crippen molar-refractivity contribution in [2.75, 3.05) is 0 Å². The zero-order chi connectivity index (χ0) is 14.3. The van der Waals surface area contributed by atoms with E-state index in [2.05, 4.69) is 18.7 Å². The minimum Gasteiger partial charge on any atom is -0.507 e. The summed E-state index contributed by atoms with van der Waals surface area (Å²) in [4.78, 5) is 0.630. The molecule has 0 aromatic heterocycles. The predicted octanol–water partition coefficient (Wildman–Crippen LogP) is 4.15. The highest BCUT2D eigenvalue weighted by atomic mass is 32.1. The molecule has 0 spiro atoms. The molecule has 1 N–H and O–H groups in total. The molecule has 0 atom stereocenters. The summed E-state index contributed by atoms with van der Waals surface area (Å²) in [7, 11) is 0. The van der Waals surface area contributed by atoms with Gasteiger partial charge in [-0.2, -0.15) is 5.26 Å². The minimum atomic E-state index is -0.298. The van der Waals surface area contributed by atoms with Crippen molar-refractivity contribution in [3.05, 3.63) is 22.8 Å². The number of hydrogen-bond acceptors (Lipinski definition) is 3. The van der Waals surface area contributed by atoms with Gasteiger partial charge in [-0.25, -0.2) is 0 Å². The molecule has 0 unspecified atom stereocenters. The fourth-order valence-electron chi connectivity index (χ4n) is 2.07. The molecule has 98 valence electrons. The summed E-state index contributed by atoms with van der Waals surface area (Å²) in [5.41, 5.74) is 1.50.